The first-order valence-electron chi connectivity index (χ1n) is 7.73. The van der Waals surface area contributed by atoms with Gasteiger partial charge in [-0.25, -0.2) is 4.98 Å². The zero-order chi connectivity index (χ0) is 18.0. The topological polar surface area (TPSA) is 76.0 Å². The zero-order valence-corrected chi connectivity index (χ0v) is 15.0. The van der Waals surface area contributed by atoms with E-state index in [4.69, 9.17) is 0 Å². The first-order chi connectivity index (χ1) is 12.0. The Bertz CT molecular complexity index is 911. The van der Waals surface area contributed by atoms with E-state index in [0.29, 0.717) is 16.8 Å². The van der Waals surface area contributed by atoms with Crippen LogP contribution in [0.3, 0.4) is 0 Å². The number of hydrogen-bond acceptors (Lipinski definition) is 4. The van der Waals surface area contributed by atoms with Crippen molar-refractivity contribution in [2.75, 3.05) is 12.4 Å². The fraction of sp³-hybridized carbons (Fsp3) is 0.167. The molecule has 2 N–H and O–H groups in total. The number of nitrogens with zero attached hydrogens (tertiary/aromatic N) is 2. The lowest BCUT2D eigenvalue weighted by Gasteiger charge is -2.07. The van der Waals surface area contributed by atoms with Crippen LogP contribution in [0.15, 0.2) is 41.9 Å². The van der Waals surface area contributed by atoms with Crippen molar-refractivity contribution in [1.29, 1.82) is 0 Å². The summed E-state index contributed by atoms with van der Waals surface area (Å²) >= 11 is 1.52. The first-order valence-corrected chi connectivity index (χ1v) is 8.61. The van der Waals surface area contributed by atoms with E-state index in [2.05, 4.69) is 15.6 Å². The molecule has 2 heterocycles. The molecule has 128 valence electrons. The van der Waals surface area contributed by atoms with Crippen LogP contribution in [0.5, 0.6) is 0 Å². The van der Waals surface area contributed by atoms with Crippen molar-refractivity contribution >= 4 is 28.8 Å². The smallest absolute Gasteiger partial charge is 0.257 e. The number of thiazole rings is 1. The number of carbonyl (C=O) groups excluding carboxylic acids is 2. The molecule has 1 aromatic carbocycles. The lowest BCUT2D eigenvalue weighted by molar-refractivity contribution is 0.0962. The number of aryl methyl sites for hydroxylation is 1. The third kappa shape index (κ3) is 3.32. The van der Waals surface area contributed by atoms with Crippen molar-refractivity contribution in [3.05, 3.63) is 64.4 Å². The van der Waals surface area contributed by atoms with Gasteiger partial charge in [-0.1, -0.05) is 0 Å². The average Bonchev–Trinajstić information content (AvgIpc) is 3.22. The molecule has 0 radical (unpaired) electrons. The van der Waals surface area contributed by atoms with Gasteiger partial charge in [0.1, 0.15) is 0 Å². The van der Waals surface area contributed by atoms with Gasteiger partial charge in [0, 0.05) is 41.3 Å². The summed E-state index contributed by atoms with van der Waals surface area (Å²) in [6.07, 6.45) is 1.74. The van der Waals surface area contributed by atoms with E-state index in [9.17, 15) is 9.59 Å². The summed E-state index contributed by atoms with van der Waals surface area (Å²) in [5, 5.41) is 8.17. The van der Waals surface area contributed by atoms with Crippen molar-refractivity contribution in [1.82, 2.24) is 14.9 Å². The monoisotopic (exact) mass is 354 g/mol. The van der Waals surface area contributed by atoms with Gasteiger partial charge in [0.05, 0.1) is 5.56 Å². The third-order valence-corrected chi connectivity index (χ3v) is 4.67. The lowest BCUT2D eigenvalue weighted by atomic mass is 10.2. The Balaban J connectivity index is 1.82. The Kier molecular flexibility index (Phi) is 4.67. The van der Waals surface area contributed by atoms with Crippen molar-refractivity contribution < 1.29 is 9.59 Å². The van der Waals surface area contributed by atoms with E-state index >= 15 is 0 Å². The fourth-order valence-electron chi connectivity index (χ4n) is 2.66. The number of benzene rings is 1. The molecule has 2 amide bonds. The molecular weight excluding hydrogens is 336 g/mol. The van der Waals surface area contributed by atoms with Gasteiger partial charge in [-0.2, -0.15) is 0 Å². The highest BCUT2D eigenvalue weighted by molar-refractivity contribution is 7.12. The highest BCUT2D eigenvalue weighted by atomic mass is 32.1. The normalized spacial score (nSPS) is 10.5. The molecule has 0 bridgehead atoms. The van der Waals surface area contributed by atoms with Crippen LogP contribution in [-0.2, 0) is 0 Å². The van der Waals surface area contributed by atoms with Gasteiger partial charge in [-0.3, -0.25) is 14.2 Å². The molecule has 0 aliphatic heterocycles. The second-order valence-corrected chi connectivity index (χ2v) is 6.42. The van der Waals surface area contributed by atoms with Crippen molar-refractivity contribution in [2.45, 2.75) is 13.8 Å². The van der Waals surface area contributed by atoms with E-state index in [1.54, 1.807) is 37.5 Å². The highest BCUT2D eigenvalue weighted by Crippen LogP contribution is 2.23. The van der Waals surface area contributed by atoms with Crippen LogP contribution < -0.4 is 10.6 Å². The van der Waals surface area contributed by atoms with E-state index in [0.717, 1.165) is 16.5 Å². The summed E-state index contributed by atoms with van der Waals surface area (Å²) in [6, 6.07) is 8.62. The number of rotatable bonds is 4. The standard InChI is InChI=1S/C18H18N4O2S/c1-11-10-15(12(2)22(11)18-20-8-9-25-18)17(24)21-14-6-4-13(5-7-14)16(23)19-3/h4-10H,1-3H3,(H,19,23)(H,21,24). The van der Waals surface area contributed by atoms with Gasteiger partial charge in [-0.05, 0) is 44.2 Å². The van der Waals surface area contributed by atoms with E-state index in [-0.39, 0.29) is 11.8 Å². The Morgan fingerprint density at radius 3 is 2.44 bits per heavy atom. The summed E-state index contributed by atoms with van der Waals surface area (Å²) in [7, 11) is 1.58. The molecule has 7 heteroatoms. The molecule has 0 unspecified atom stereocenters. The maximum Gasteiger partial charge on any atom is 0.257 e. The van der Waals surface area contributed by atoms with Gasteiger partial charge in [0.15, 0.2) is 5.13 Å². The van der Waals surface area contributed by atoms with Gasteiger partial charge in [0.25, 0.3) is 11.8 Å². The highest BCUT2D eigenvalue weighted by Gasteiger charge is 2.18. The largest absolute Gasteiger partial charge is 0.355 e. The SMILES string of the molecule is CNC(=O)c1ccc(NC(=O)c2cc(C)n(-c3nccs3)c2C)cc1. The van der Waals surface area contributed by atoms with E-state index in [1.165, 1.54) is 11.3 Å². The molecule has 0 fully saturated rings. The minimum absolute atomic E-state index is 0.162. The first kappa shape index (κ1) is 16.9. The molecule has 0 aliphatic carbocycles. The molecule has 0 aliphatic rings. The van der Waals surface area contributed by atoms with Crippen LogP contribution in [0, 0.1) is 13.8 Å². The number of carbonyl (C=O) groups is 2. The minimum atomic E-state index is -0.191. The lowest BCUT2D eigenvalue weighted by Crippen LogP contribution is -2.18. The van der Waals surface area contributed by atoms with Crippen LogP contribution in [0.4, 0.5) is 5.69 Å². The maximum atomic E-state index is 12.6. The molecule has 6 nitrogen and oxygen atoms in total. The Hall–Kier alpha value is -2.93. The number of hydrogen-bond donors (Lipinski definition) is 2. The minimum Gasteiger partial charge on any atom is -0.355 e. The van der Waals surface area contributed by atoms with Gasteiger partial charge in [0.2, 0.25) is 0 Å². The summed E-state index contributed by atoms with van der Waals surface area (Å²) in [5.41, 5.74) is 3.57. The zero-order valence-electron chi connectivity index (χ0n) is 14.2. The van der Waals surface area contributed by atoms with Crippen molar-refractivity contribution in [3.8, 4) is 5.13 Å². The Labute approximate surface area is 149 Å². The summed E-state index contributed by atoms with van der Waals surface area (Å²) in [6.45, 7) is 3.85. The van der Waals surface area contributed by atoms with Crippen LogP contribution in [0.2, 0.25) is 0 Å². The van der Waals surface area contributed by atoms with Gasteiger partial charge < -0.3 is 10.6 Å². The molecule has 0 saturated carbocycles. The number of aromatic nitrogens is 2. The molecule has 25 heavy (non-hydrogen) atoms. The average molecular weight is 354 g/mol. The predicted octanol–water partition coefficient (Wildman–Crippen LogP) is 3.16. The predicted molar refractivity (Wildman–Crippen MR) is 98.7 cm³/mol. The third-order valence-electron chi connectivity index (χ3n) is 3.92. The Morgan fingerprint density at radius 2 is 1.84 bits per heavy atom. The molecule has 0 saturated heterocycles. The number of anilines is 1. The fourth-order valence-corrected chi connectivity index (χ4v) is 3.41. The Morgan fingerprint density at radius 1 is 1.12 bits per heavy atom. The van der Waals surface area contributed by atoms with Crippen LogP contribution in [0.25, 0.3) is 5.13 Å². The second-order valence-electron chi connectivity index (χ2n) is 5.55. The molecule has 2 aromatic heterocycles. The quantitative estimate of drug-likeness (QED) is 0.756. The molecular formula is C18H18N4O2S. The van der Waals surface area contributed by atoms with Crippen molar-refractivity contribution in [2.24, 2.45) is 0 Å². The van der Waals surface area contributed by atoms with Crippen LogP contribution in [-0.4, -0.2) is 28.4 Å². The van der Waals surface area contributed by atoms with Crippen molar-refractivity contribution in [3.63, 3.8) is 0 Å². The summed E-state index contributed by atoms with van der Waals surface area (Å²) in [5.74, 6) is -0.353. The van der Waals surface area contributed by atoms with Gasteiger partial charge >= 0.3 is 0 Å². The summed E-state index contributed by atoms with van der Waals surface area (Å²) in [4.78, 5) is 28.5. The van der Waals surface area contributed by atoms with E-state index < -0.39 is 0 Å². The number of amides is 2. The van der Waals surface area contributed by atoms with E-state index in [1.807, 2.05) is 29.9 Å². The molecule has 0 spiro atoms. The van der Waals surface area contributed by atoms with Gasteiger partial charge in [-0.15, -0.1) is 11.3 Å². The second kappa shape index (κ2) is 6.90. The molecule has 3 aromatic rings. The summed E-state index contributed by atoms with van der Waals surface area (Å²) < 4.78 is 1.97. The van der Waals surface area contributed by atoms with Crippen LogP contribution in [0.1, 0.15) is 32.1 Å². The molecule has 0 atom stereocenters. The molecule has 3 rings (SSSR count). The number of nitrogens with one attached hydrogen (secondary N) is 2. The van der Waals surface area contributed by atoms with Crippen LogP contribution >= 0.6 is 11.3 Å². The maximum absolute atomic E-state index is 12.6.